The molecule has 1 saturated carbocycles. The topological polar surface area (TPSA) is 12.0 Å². The van der Waals surface area contributed by atoms with Crippen molar-refractivity contribution < 1.29 is 13.2 Å². The van der Waals surface area contributed by atoms with E-state index in [2.05, 4.69) is 12.2 Å². The van der Waals surface area contributed by atoms with Crippen LogP contribution in [0.4, 0.5) is 13.2 Å². The molecule has 90 valence electrons. The first-order chi connectivity index (χ1) is 6.97. The SMILES string of the molecule is CC(CC1CC1)NCCCCC(F)(F)F. The molecule has 0 spiro atoms. The molecule has 0 aromatic rings. The minimum Gasteiger partial charge on any atom is -0.314 e. The zero-order chi connectivity index (χ0) is 11.3. The Labute approximate surface area is 89.4 Å². The molecule has 1 nitrogen and oxygen atoms in total. The first-order valence-electron chi connectivity index (χ1n) is 5.77. The Morgan fingerprint density at radius 2 is 1.93 bits per heavy atom. The second-order valence-electron chi connectivity index (χ2n) is 4.61. The molecule has 1 unspecified atom stereocenters. The van der Waals surface area contributed by atoms with Crippen molar-refractivity contribution in [2.24, 2.45) is 5.92 Å². The van der Waals surface area contributed by atoms with Crippen LogP contribution in [0, 0.1) is 5.92 Å². The molecule has 0 aliphatic heterocycles. The van der Waals surface area contributed by atoms with Gasteiger partial charge in [-0.15, -0.1) is 0 Å². The van der Waals surface area contributed by atoms with Gasteiger partial charge in [0.2, 0.25) is 0 Å². The number of nitrogens with one attached hydrogen (secondary N) is 1. The Bertz CT molecular complexity index is 175. The molecule has 1 aliphatic carbocycles. The second kappa shape index (κ2) is 5.73. The van der Waals surface area contributed by atoms with Crippen LogP contribution in [0.5, 0.6) is 0 Å². The molecule has 1 atom stereocenters. The van der Waals surface area contributed by atoms with E-state index in [-0.39, 0.29) is 6.42 Å². The van der Waals surface area contributed by atoms with E-state index >= 15 is 0 Å². The van der Waals surface area contributed by atoms with Gasteiger partial charge in [0, 0.05) is 12.5 Å². The van der Waals surface area contributed by atoms with E-state index in [4.69, 9.17) is 0 Å². The average Bonchev–Trinajstić information content (AvgIpc) is 2.85. The van der Waals surface area contributed by atoms with Gasteiger partial charge in [0.1, 0.15) is 0 Å². The summed E-state index contributed by atoms with van der Waals surface area (Å²) in [6, 6.07) is 0.461. The van der Waals surface area contributed by atoms with Crippen LogP contribution in [0.2, 0.25) is 0 Å². The van der Waals surface area contributed by atoms with Crippen molar-refractivity contribution in [3.8, 4) is 0 Å². The van der Waals surface area contributed by atoms with Gasteiger partial charge in [-0.3, -0.25) is 0 Å². The quantitative estimate of drug-likeness (QED) is 0.651. The number of rotatable bonds is 7. The largest absolute Gasteiger partial charge is 0.389 e. The van der Waals surface area contributed by atoms with E-state index in [9.17, 15) is 13.2 Å². The van der Waals surface area contributed by atoms with Crippen molar-refractivity contribution in [3.05, 3.63) is 0 Å². The summed E-state index contributed by atoms with van der Waals surface area (Å²) in [4.78, 5) is 0. The lowest BCUT2D eigenvalue weighted by molar-refractivity contribution is -0.135. The van der Waals surface area contributed by atoms with Crippen molar-refractivity contribution in [2.45, 2.75) is 57.7 Å². The first-order valence-corrected chi connectivity index (χ1v) is 5.77. The lowest BCUT2D eigenvalue weighted by Crippen LogP contribution is -2.27. The summed E-state index contributed by atoms with van der Waals surface area (Å²) in [5.74, 6) is 0.877. The standard InChI is InChI=1S/C11H20F3N/c1-9(8-10-4-5-10)15-7-3-2-6-11(12,13)14/h9-10,15H,2-8H2,1H3. The van der Waals surface area contributed by atoms with Crippen molar-refractivity contribution in [1.29, 1.82) is 0 Å². The van der Waals surface area contributed by atoms with Crippen molar-refractivity contribution in [3.63, 3.8) is 0 Å². The Hall–Kier alpha value is -0.250. The van der Waals surface area contributed by atoms with E-state index in [1.165, 1.54) is 19.3 Å². The smallest absolute Gasteiger partial charge is 0.314 e. The zero-order valence-corrected chi connectivity index (χ0v) is 9.24. The van der Waals surface area contributed by atoms with E-state index in [1.54, 1.807) is 0 Å². The van der Waals surface area contributed by atoms with Crippen LogP contribution < -0.4 is 5.32 Å². The van der Waals surface area contributed by atoms with Crippen molar-refractivity contribution in [2.75, 3.05) is 6.54 Å². The van der Waals surface area contributed by atoms with Crippen LogP contribution in [0.3, 0.4) is 0 Å². The molecule has 1 aliphatic rings. The van der Waals surface area contributed by atoms with Gasteiger partial charge in [-0.25, -0.2) is 0 Å². The van der Waals surface area contributed by atoms with E-state index in [1.807, 2.05) is 0 Å². The molecule has 0 saturated heterocycles. The van der Waals surface area contributed by atoms with Crippen LogP contribution in [0.25, 0.3) is 0 Å². The molecule has 0 amide bonds. The fourth-order valence-electron chi connectivity index (χ4n) is 1.74. The van der Waals surface area contributed by atoms with Crippen LogP contribution in [-0.2, 0) is 0 Å². The maximum atomic E-state index is 11.8. The molecule has 0 aromatic carbocycles. The molecular weight excluding hydrogens is 203 g/mol. The summed E-state index contributed by atoms with van der Waals surface area (Å²) in [7, 11) is 0. The van der Waals surface area contributed by atoms with Crippen LogP contribution in [-0.4, -0.2) is 18.8 Å². The van der Waals surface area contributed by atoms with Gasteiger partial charge in [-0.05, 0) is 38.6 Å². The lowest BCUT2D eigenvalue weighted by atomic mass is 10.1. The Balaban J connectivity index is 1.87. The van der Waals surface area contributed by atoms with Crippen molar-refractivity contribution >= 4 is 0 Å². The maximum absolute atomic E-state index is 11.8. The number of hydrogen-bond acceptors (Lipinski definition) is 1. The third kappa shape index (κ3) is 7.65. The molecule has 1 rings (SSSR count). The normalized spacial score (nSPS) is 19.2. The number of unbranched alkanes of at least 4 members (excludes halogenated alkanes) is 1. The van der Waals surface area contributed by atoms with Gasteiger partial charge in [-0.2, -0.15) is 13.2 Å². The predicted octanol–water partition coefficient (Wildman–Crippen LogP) is 3.50. The number of hydrogen-bond donors (Lipinski definition) is 1. The van der Waals surface area contributed by atoms with E-state index < -0.39 is 12.6 Å². The van der Waals surface area contributed by atoms with Gasteiger partial charge in [0.15, 0.2) is 0 Å². The Morgan fingerprint density at radius 1 is 1.27 bits per heavy atom. The maximum Gasteiger partial charge on any atom is 0.389 e. The highest BCUT2D eigenvalue weighted by molar-refractivity contribution is 4.77. The molecule has 1 N–H and O–H groups in total. The summed E-state index contributed by atoms with van der Waals surface area (Å²) >= 11 is 0. The first kappa shape index (κ1) is 12.8. The summed E-state index contributed by atoms with van der Waals surface area (Å²) in [6.07, 6.45) is 0.0753. The molecule has 0 aromatic heterocycles. The highest BCUT2D eigenvalue weighted by atomic mass is 19.4. The lowest BCUT2D eigenvalue weighted by Gasteiger charge is -2.13. The molecule has 0 bridgehead atoms. The zero-order valence-electron chi connectivity index (χ0n) is 9.24. The van der Waals surface area contributed by atoms with Gasteiger partial charge in [0.05, 0.1) is 0 Å². The van der Waals surface area contributed by atoms with Crippen molar-refractivity contribution in [1.82, 2.24) is 5.32 Å². The fraction of sp³-hybridized carbons (Fsp3) is 1.00. The highest BCUT2D eigenvalue weighted by Crippen LogP contribution is 2.33. The van der Waals surface area contributed by atoms with Gasteiger partial charge < -0.3 is 5.32 Å². The number of halogens is 3. The average molecular weight is 223 g/mol. The number of alkyl halides is 3. The van der Waals surface area contributed by atoms with Gasteiger partial charge in [0.25, 0.3) is 0 Å². The molecule has 0 radical (unpaired) electrons. The second-order valence-corrected chi connectivity index (χ2v) is 4.61. The van der Waals surface area contributed by atoms with Crippen LogP contribution in [0.15, 0.2) is 0 Å². The summed E-state index contributed by atoms with van der Waals surface area (Å²) in [5.41, 5.74) is 0. The predicted molar refractivity (Wildman–Crippen MR) is 54.7 cm³/mol. The van der Waals surface area contributed by atoms with Gasteiger partial charge in [-0.1, -0.05) is 12.8 Å². The minimum absolute atomic E-state index is 0.243. The van der Waals surface area contributed by atoms with E-state index in [0.717, 1.165) is 5.92 Å². The van der Waals surface area contributed by atoms with E-state index in [0.29, 0.717) is 19.0 Å². The fourth-order valence-corrected chi connectivity index (χ4v) is 1.74. The molecule has 1 fully saturated rings. The Morgan fingerprint density at radius 3 is 2.47 bits per heavy atom. The molecular formula is C11H20F3N. The minimum atomic E-state index is -3.99. The monoisotopic (exact) mass is 223 g/mol. The highest BCUT2D eigenvalue weighted by Gasteiger charge is 2.26. The third-order valence-electron chi connectivity index (χ3n) is 2.76. The molecule has 15 heavy (non-hydrogen) atoms. The molecule has 0 heterocycles. The Kier molecular flexibility index (Phi) is 4.90. The van der Waals surface area contributed by atoms with Crippen LogP contribution >= 0.6 is 0 Å². The van der Waals surface area contributed by atoms with Gasteiger partial charge >= 0.3 is 6.18 Å². The molecule has 4 heteroatoms. The van der Waals surface area contributed by atoms with Crippen LogP contribution in [0.1, 0.15) is 45.4 Å². The summed E-state index contributed by atoms with van der Waals surface area (Å²) in [5, 5.41) is 3.27. The summed E-state index contributed by atoms with van der Waals surface area (Å²) in [6.45, 7) is 2.83. The third-order valence-corrected chi connectivity index (χ3v) is 2.76. The summed E-state index contributed by atoms with van der Waals surface area (Å²) < 4.78 is 35.4.